The first-order chi connectivity index (χ1) is 8.31. The number of ether oxygens (including phenoxy) is 2. The minimum Gasteiger partial charge on any atom is -0.427 e. The number of hydrogen-bond acceptors (Lipinski definition) is 9. The summed E-state index contributed by atoms with van der Waals surface area (Å²) in [7, 11) is 0. The number of carbonyl (C=O) groups is 1. The molecule has 11 nitrogen and oxygen atoms in total. The van der Waals surface area contributed by atoms with Crippen LogP contribution in [0.4, 0.5) is 4.79 Å². The van der Waals surface area contributed by atoms with Gasteiger partial charge in [0.05, 0.1) is 0 Å². The van der Waals surface area contributed by atoms with E-state index in [1.807, 2.05) is 0 Å². The number of halogens is 1. The van der Waals surface area contributed by atoms with Gasteiger partial charge < -0.3 is 19.1 Å². The summed E-state index contributed by atoms with van der Waals surface area (Å²) in [5.41, 5.74) is -0.994. The van der Waals surface area contributed by atoms with Crippen LogP contribution < -0.4 is 0 Å². The molecule has 0 bridgehead atoms. The molecule has 104 valence electrons. The van der Waals surface area contributed by atoms with E-state index in [4.69, 9.17) is 11.6 Å². The van der Waals surface area contributed by atoms with Crippen molar-refractivity contribution in [1.82, 2.24) is 0 Å². The van der Waals surface area contributed by atoms with Crippen LogP contribution in [0.15, 0.2) is 0 Å². The first-order valence-corrected chi connectivity index (χ1v) is 4.81. The van der Waals surface area contributed by atoms with Crippen LogP contribution in [-0.2, 0) is 19.1 Å². The molecular weight excluding hydrogens is 280 g/mol. The number of hydrogen-bond donors (Lipinski definition) is 0. The summed E-state index contributed by atoms with van der Waals surface area (Å²) < 4.78 is 8.81. The van der Waals surface area contributed by atoms with Crippen molar-refractivity contribution < 1.29 is 34.1 Å². The second kappa shape index (κ2) is 8.11. The van der Waals surface area contributed by atoms with Gasteiger partial charge in [-0.05, 0) is 6.92 Å². The molecule has 0 fully saturated rings. The molecule has 0 rings (SSSR count). The van der Waals surface area contributed by atoms with Crippen molar-refractivity contribution in [2.24, 2.45) is 0 Å². The van der Waals surface area contributed by atoms with Gasteiger partial charge in [-0.1, -0.05) is 11.6 Å². The molecule has 0 aliphatic rings. The van der Waals surface area contributed by atoms with Crippen molar-refractivity contribution in [2.75, 3.05) is 13.2 Å². The van der Waals surface area contributed by atoms with Crippen molar-refractivity contribution in [3.8, 4) is 0 Å². The summed E-state index contributed by atoms with van der Waals surface area (Å²) in [5.74, 6) is 0. The van der Waals surface area contributed by atoms with E-state index >= 15 is 0 Å². The zero-order valence-corrected chi connectivity index (χ0v) is 9.77. The highest BCUT2D eigenvalue weighted by Crippen LogP contribution is 2.03. The molecule has 0 aromatic rings. The van der Waals surface area contributed by atoms with Gasteiger partial charge in [-0.25, -0.2) is 4.79 Å². The van der Waals surface area contributed by atoms with E-state index in [1.165, 1.54) is 6.92 Å². The van der Waals surface area contributed by atoms with Gasteiger partial charge >= 0.3 is 6.16 Å². The van der Waals surface area contributed by atoms with Crippen molar-refractivity contribution >= 4 is 17.8 Å². The Morgan fingerprint density at radius 3 is 1.94 bits per heavy atom. The predicted molar refractivity (Wildman–Crippen MR) is 52.6 cm³/mol. The fourth-order valence-electron chi connectivity index (χ4n) is 0.701. The quantitative estimate of drug-likeness (QED) is 0.270. The molecule has 0 N–H and O–H groups in total. The maximum atomic E-state index is 11.0. The van der Waals surface area contributed by atoms with Crippen LogP contribution in [-0.4, -0.2) is 41.2 Å². The monoisotopic (exact) mass is 288 g/mol. The molecule has 1 unspecified atom stereocenters. The fraction of sp³-hybridized carbons (Fsp3) is 0.833. The number of alkyl halides is 1. The van der Waals surface area contributed by atoms with Crippen molar-refractivity contribution in [1.29, 1.82) is 0 Å². The molecule has 0 radical (unpaired) electrons. The molecule has 0 amide bonds. The van der Waals surface area contributed by atoms with Gasteiger partial charge in [0.15, 0.2) is 11.7 Å². The lowest BCUT2D eigenvalue weighted by Gasteiger charge is -2.15. The van der Waals surface area contributed by atoms with Gasteiger partial charge in [-0.15, -0.1) is 20.2 Å². The largest absolute Gasteiger partial charge is 0.510 e. The van der Waals surface area contributed by atoms with Crippen LogP contribution in [0.3, 0.4) is 0 Å². The van der Waals surface area contributed by atoms with Crippen molar-refractivity contribution in [3.05, 3.63) is 20.2 Å². The first kappa shape index (κ1) is 16.0. The average molecular weight is 289 g/mol. The highest BCUT2D eigenvalue weighted by molar-refractivity contribution is 6.19. The van der Waals surface area contributed by atoms with Crippen LogP contribution in [0.25, 0.3) is 0 Å². The Balaban J connectivity index is 4.22. The summed E-state index contributed by atoms with van der Waals surface area (Å²) in [6.45, 7) is -0.169. The molecule has 12 heteroatoms. The Labute approximate surface area is 105 Å². The number of carbonyl (C=O) groups excluding carboxylic acids is 1. The molecule has 1 atom stereocenters. The SMILES string of the molecule is CC(Cl)OC(=O)OC(CO[N+](=O)[O-])CO[N+](=O)[O-]. The van der Waals surface area contributed by atoms with Gasteiger partial charge in [0.2, 0.25) is 0 Å². The third-order valence-electron chi connectivity index (χ3n) is 1.25. The highest BCUT2D eigenvalue weighted by atomic mass is 35.5. The van der Waals surface area contributed by atoms with Crippen LogP contribution in [0, 0.1) is 20.2 Å². The molecule has 18 heavy (non-hydrogen) atoms. The summed E-state index contributed by atoms with van der Waals surface area (Å²) in [5, 5.41) is 17.5. The Bertz CT molecular complexity index is 291. The number of nitrogens with zero attached hydrogens (tertiary/aromatic N) is 2. The Kier molecular flexibility index (Phi) is 7.19. The Hall–Kier alpha value is -2.04. The van der Waals surface area contributed by atoms with Gasteiger partial charge in [-0.3, -0.25) is 0 Å². The third kappa shape index (κ3) is 9.21. The molecular formula is C6H9ClN2O9. The van der Waals surface area contributed by atoms with Gasteiger partial charge in [0.1, 0.15) is 13.2 Å². The third-order valence-corrected chi connectivity index (χ3v) is 1.34. The Morgan fingerprint density at radius 2 is 1.61 bits per heavy atom. The summed E-state index contributed by atoms with van der Waals surface area (Å²) in [4.78, 5) is 38.6. The van der Waals surface area contributed by atoms with E-state index in [1.54, 1.807) is 0 Å². The molecule has 0 spiro atoms. The normalized spacial score (nSPS) is 11.5. The lowest BCUT2D eigenvalue weighted by molar-refractivity contribution is -0.768. The maximum absolute atomic E-state index is 11.0. The minimum absolute atomic E-state index is 0.743. The lowest BCUT2D eigenvalue weighted by Crippen LogP contribution is -2.31. The molecule has 0 aromatic carbocycles. The second-order valence-corrected chi connectivity index (χ2v) is 3.30. The van der Waals surface area contributed by atoms with Gasteiger partial charge in [0.25, 0.3) is 10.2 Å². The second-order valence-electron chi connectivity index (χ2n) is 2.69. The number of rotatable bonds is 8. The first-order valence-electron chi connectivity index (χ1n) is 4.37. The van der Waals surface area contributed by atoms with E-state index in [0.717, 1.165) is 0 Å². The predicted octanol–water partition coefficient (Wildman–Crippen LogP) is 0.510. The molecule has 0 saturated carbocycles. The Morgan fingerprint density at radius 1 is 1.17 bits per heavy atom. The molecule has 0 aliphatic heterocycles. The van der Waals surface area contributed by atoms with E-state index in [2.05, 4.69) is 19.1 Å². The molecule has 0 saturated heterocycles. The maximum Gasteiger partial charge on any atom is 0.510 e. The average Bonchev–Trinajstić information content (AvgIpc) is 2.20. The molecule has 0 aromatic heterocycles. The van der Waals surface area contributed by atoms with E-state index < -0.39 is 41.2 Å². The fourth-order valence-corrected chi connectivity index (χ4v) is 0.773. The smallest absolute Gasteiger partial charge is 0.427 e. The van der Waals surface area contributed by atoms with Gasteiger partial charge in [0, 0.05) is 0 Å². The highest BCUT2D eigenvalue weighted by Gasteiger charge is 2.20. The summed E-state index contributed by atoms with van der Waals surface area (Å²) >= 11 is 5.31. The van der Waals surface area contributed by atoms with Crippen LogP contribution in [0.1, 0.15) is 6.92 Å². The summed E-state index contributed by atoms with van der Waals surface area (Å²) in [6, 6.07) is 0. The zero-order chi connectivity index (χ0) is 14.1. The van der Waals surface area contributed by atoms with E-state index in [9.17, 15) is 25.0 Å². The van der Waals surface area contributed by atoms with E-state index in [0.29, 0.717) is 0 Å². The standard InChI is InChI=1S/C6H9ClN2O9/c1-4(7)17-6(10)18-5(2-15-8(11)12)3-16-9(13)14/h4-5H,2-3H2,1H3. The van der Waals surface area contributed by atoms with Crippen LogP contribution in [0.5, 0.6) is 0 Å². The molecule has 0 aliphatic carbocycles. The minimum atomic E-state index is -1.39. The lowest BCUT2D eigenvalue weighted by atomic mass is 10.4. The van der Waals surface area contributed by atoms with Crippen LogP contribution >= 0.6 is 11.6 Å². The summed E-state index contributed by atoms with van der Waals surface area (Å²) in [6.07, 6.45) is -2.65. The van der Waals surface area contributed by atoms with Crippen molar-refractivity contribution in [3.63, 3.8) is 0 Å². The van der Waals surface area contributed by atoms with Crippen LogP contribution in [0.2, 0.25) is 0 Å². The van der Waals surface area contributed by atoms with Crippen molar-refractivity contribution in [2.45, 2.75) is 18.6 Å². The van der Waals surface area contributed by atoms with E-state index in [-0.39, 0.29) is 0 Å². The molecule has 0 heterocycles. The topological polar surface area (TPSA) is 140 Å². The van der Waals surface area contributed by atoms with Gasteiger partial charge in [-0.2, -0.15) is 0 Å². The zero-order valence-electron chi connectivity index (χ0n) is 9.02.